The molecule has 0 amide bonds. The zero-order valence-electron chi connectivity index (χ0n) is 17.7. The topological polar surface area (TPSA) is 18.5 Å². The zero-order valence-corrected chi connectivity index (χ0v) is 18.6. The number of fused-ring (bicyclic) bond motifs is 4. The maximum Gasteiger partial charge on any atom is 0.299 e. The van der Waals surface area contributed by atoms with E-state index >= 15 is 0 Å². The van der Waals surface area contributed by atoms with E-state index in [1.54, 1.807) is 0 Å². The van der Waals surface area contributed by atoms with E-state index in [4.69, 9.17) is 9.31 Å². The molecule has 0 saturated carbocycles. The fraction of sp³-hybridized carbons (Fsp3) is 1.00. The van der Waals surface area contributed by atoms with Gasteiger partial charge in [0.1, 0.15) is 0 Å². The molecule has 0 aromatic carbocycles. The lowest BCUT2D eigenvalue weighted by Crippen LogP contribution is -2.40. The minimum Gasteiger partial charge on any atom is -0.432 e. The Morgan fingerprint density at radius 1 is 0.630 bits per heavy atom. The van der Waals surface area contributed by atoms with Gasteiger partial charge in [0.15, 0.2) is 0 Å². The second-order valence-electron chi connectivity index (χ2n) is 10.1. The Morgan fingerprint density at radius 2 is 0.926 bits per heavy atom. The van der Waals surface area contributed by atoms with Gasteiger partial charge in [-0.05, 0) is 37.1 Å². The van der Waals surface area contributed by atoms with Crippen LogP contribution in [0.3, 0.4) is 0 Å². The van der Waals surface area contributed by atoms with Crippen molar-refractivity contribution in [3.8, 4) is 0 Å². The van der Waals surface area contributed by atoms with Gasteiger partial charge in [0.05, 0.1) is 0 Å². The van der Waals surface area contributed by atoms with Gasteiger partial charge in [0.25, 0.3) is 13.8 Å². The molecular formula is C22H40B2O2S. The molecule has 0 radical (unpaired) electrons. The summed E-state index contributed by atoms with van der Waals surface area (Å²) in [4.78, 5) is 0. The molecule has 0 aromatic rings. The van der Waals surface area contributed by atoms with Crippen LogP contribution in [0.5, 0.6) is 0 Å². The van der Waals surface area contributed by atoms with E-state index < -0.39 is 0 Å². The second kappa shape index (κ2) is 9.94. The van der Waals surface area contributed by atoms with Crippen LogP contribution in [-0.2, 0) is 9.31 Å². The van der Waals surface area contributed by atoms with Crippen molar-refractivity contribution in [2.75, 3.05) is 11.5 Å². The van der Waals surface area contributed by atoms with Crippen LogP contribution in [0.4, 0.5) is 0 Å². The molecule has 2 unspecified atom stereocenters. The molecule has 4 aliphatic rings. The van der Waals surface area contributed by atoms with Crippen molar-refractivity contribution in [1.29, 1.82) is 0 Å². The predicted molar refractivity (Wildman–Crippen MR) is 120 cm³/mol. The highest BCUT2D eigenvalue weighted by Gasteiger charge is 2.43. The van der Waals surface area contributed by atoms with E-state index in [1.807, 2.05) is 0 Å². The summed E-state index contributed by atoms with van der Waals surface area (Å²) in [5.41, 5.74) is 0. The summed E-state index contributed by atoms with van der Waals surface area (Å²) < 4.78 is 13.2. The van der Waals surface area contributed by atoms with Crippen molar-refractivity contribution < 1.29 is 9.31 Å². The van der Waals surface area contributed by atoms with Gasteiger partial charge in [-0.2, -0.15) is 11.8 Å². The van der Waals surface area contributed by atoms with Crippen LogP contribution < -0.4 is 0 Å². The fourth-order valence-electron chi connectivity index (χ4n) is 6.69. The highest BCUT2D eigenvalue weighted by molar-refractivity contribution is 7.99. The van der Waals surface area contributed by atoms with Crippen LogP contribution in [0.2, 0.25) is 23.3 Å². The van der Waals surface area contributed by atoms with Gasteiger partial charge in [-0.1, -0.05) is 77.0 Å². The number of hydrogen-bond donors (Lipinski definition) is 0. The van der Waals surface area contributed by atoms with Crippen LogP contribution >= 0.6 is 11.8 Å². The molecule has 2 atom stereocenters. The summed E-state index contributed by atoms with van der Waals surface area (Å²) in [6, 6.07) is 0. The van der Waals surface area contributed by atoms with Gasteiger partial charge in [-0.3, -0.25) is 0 Å². The van der Waals surface area contributed by atoms with Crippen molar-refractivity contribution in [2.24, 2.45) is 0 Å². The molecule has 4 heterocycles. The van der Waals surface area contributed by atoms with Gasteiger partial charge in [0.2, 0.25) is 0 Å². The molecule has 4 aliphatic heterocycles. The Labute approximate surface area is 172 Å². The van der Waals surface area contributed by atoms with Crippen LogP contribution in [0.25, 0.3) is 0 Å². The van der Waals surface area contributed by atoms with Gasteiger partial charge >= 0.3 is 0 Å². The Bertz CT molecular complexity index is 382. The van der Waals surface area contributed by atoms with Crippen LogP contribution in [0.1, 0.15) is 90.9 Å². The second-order valence-corrected chi connectivity index (χ2v) is 11.2. The summed E-state index contributed by atoms with van der Waals surface area (Å²) >= 11 is 2.05. The first-order valence-corrected chi connectivity index (χ1v) is 13.2. The third-order valence-corrected chi connectivity index (χ3v) is 9.35. The molecule has 4 bridgehead atoms. The standard InChI is InChI=1S/C22H40B2O2S/c1-17(25-23-19-7-3-8-20(23)10-4-9-19)15-27-16-18(2)26-24-21-11-5-12-22(24)14-6-13-21/h17-22H,3-16H2,1-2H3. The molecule has 0 spiro atoms. The Morgan fingerprint density at radius 3 is 1.22 bits per heavy atom. The molecular weight excluding hydrogens is 350 g/mol. The fourth-order valence-corrected chi connectivity index (χ4v) is 7.65. The lowest BCUT2D eigenvalue weighted by Gasteiger charge is -2.41. The summed E-state index contributed by atoms with van der Waals surface area (Å²) in [6.07, 6.45) is 17.8. The Kier molecular flexibility index (Phi) is 7.61. The summed E-state index contributed by atoms with van der Waals surface area (Å²) in [7, 11) is 0. The molecule has 4 rings (SSSR count). The number of thioether (sulfide) groups is 1. The van der Waals surface area contributed by atoms with Crippen molar-refractivity contribution in [1.82, 2.24) is 0 Å². The maximum atomic E-state index is 6.59. The monoisotopic (exact) mass is 390 g/mol. The van der Waals surface area contributed by atoms with Gasteiger partial charge in [-0.15, -0.1) is 0 Å². The van der Waals surface area contributed by atoms with Crippen molar-refractivity contribution >= 4 is 25.6 Å². The molecule has 5 heteroatoms. The average Bonchev–Trinajstić information content (AvgIpc) is 2.61. The normalized spacial score (nSPS) is 35.8. The van der Waals surface area contributed by atoms with E-state index in [1.165, 1.54) is 77.0 Å². The third-order valence-electron chi connectivity index (χ3n) is 7.94. The van der Waals surface area contributed by atoms with E-state index in [-0.39, 0.29) is 0 Å². The van der Waals surface area contributed by atoms with E-state index in [9.17, 15) is 0 Å². The highest BCUT2D eigenvalue weighted by atomic mass is 32.2. The highest BCUT2D eigenvalue weighted by Crippen LogP contribution is 2.48. The van der Waals surface area contributed by atoms with Gasteiger partial charge < -0.3 is 9.31 Å². The summed E-state index contributed by atoms with van der Waals surface area (Å²) in [5.74, 6) is 5.69. The minimum atomic E-state index is 0.391. The summed E-state index contributed by atoms with van der Waals surface area (Å²) in [5, 5.41) is 0. The molecule has 4 fully saturated rings. The third kappa shape index (κ3) is 5.31. The molecule has 27 heavy (non-hydrogen) atoms. The van der Waals surface area contributed by atoms with Crippen LogP contribution in [0.15, 0.2) is 0 Å². The van der Waals surface area contributed by atoms with Gasteiger partial charge in [-0.25, -0.2) is 0 Å². The number of hydrogen-bond acceptors (Lipinski definition) is 3. The van der Waals surface area contributed by atoms with E-state index in [2.05, 4.69) is 25.6 Å². The van der Waals surface area contributed by atoms with Crippen LogP contribution in [0, 0.1) is 0 Å². The van der Waals surface area contributed by atoms with E-state index in [0.717, 1.165) is 34.8 Å². The minimum absolute atomic E-state index is 0.391. The molecule has 152 valence electrons. The molecule has 0 aromatic heterocycles. The van der Waals surface area contributed by atoms with Crippen molar-refractivity contribution in [3.63, 3.8) is 0 Å². The largest absolute Gasteiger partial charge is 0.432 e. The Balaban J connectivity index is 1.16. The average molecular weight is 390 g/mol. The lowest BCUT2D eigenvalue weighted by atomic mass is 9.38. The molecule has 0 aliphatic carbocycles. The quantitative estimate of drug-likeness (QED) is 0.428. The SMILES string of the molecule is CC(CSCC(C)OB1C2CCCC1CCC2)OB1C2CCCC1CCC2. The zero-order chi connectivity index (χ0) is 18.6. The lowest BCUT2D eigenvalue weighted by molar-refractivity contribution is 0.209. The molecule has 2 nitrogen and oxygen atoms in total. The maximum absolute atomic E-state index is 6.59. The first-order chi connectivity index (χ1) is 13.2. The first-order valence-electron chi connectivity index (χ1n) is 12.1. The van der Waals surface area contributed by atoms with Crippen LogP contribution in [-0.4, -0.2) is 37.5 Å². The molecule has 0 N–H and O–H groups in total. The van der Waals surface area contributed by atoms with Gasteiger partial charge in [0, 0.05) is 23.7 Å². The number of rotatable bonds is 8. The smallest absolute Gasteiger partial charge is 0.299 e. The Hall–Kier alpha value is 0.400. The first kappa shape index (κ1) is 20.7. The predicted octanol–water partition coefficient (Wildman–Crippen LogP) is 6.73. The van der Waals surface area contributed by atoms with Crippen molar-refractivity contribution in [2.45, 2.75) is 126 Å². The molecule has 4 saturated heterocycles. The van der Waals surface area contributed by atoms with E-state index in [0.29, 0.717) is 26.0 Å². The summed E-state index contributed by atoms with van der Waals surface area (Å²) in [6.45, 7) is 5.74. The van der Waals surface area contributed by atoms with Crippen molar-refractivity contribution in [3.05, 3.63) is 0 Å².